The first-order valence-electron chi connectivity index (χ1n) is 6.79. The average molecular weight is 233 g/mol. The summed E-state index contributed by atoms with van der Waals surface area (Å²) < 4.78 is 0. The van der Waals surface area contributed by atoms with E-state index in [-0.39, 0.29) is 6.61 Å². The summed E-state index contributed by atoms with van der Waals surface area (Å²) in [5.41, 5.74) is 1.35. The van der Waals surface area contributed by atoms with E-state index in [4.69, 9.17) is 5.11 Å². The largest absolute Gasteiger partial charge is 0.396 e. The Hall–Kier alpha value is -0.860. The second-order valence-electron chi connectivity index (χ2n) is 5.03. The molecular formula is C15H23NO. The van der Waals surface area contributed by atoms with E-state index in [0.29, 0.717) is 6.04 Å². The highest BCUT2D eigenvalue weighted by atomic mass is 16.2. The van der Waals surface area contributed by atoms with Crippen molar-refractivity contribution in [3.05, 3.63) is 35.9 Å². The Balaban J connectivity index is 1.87. The molecule has 2 heteroatoms. The van der Waals surface area contributed by atoms with Crippen LogP contribution in [0.5, 0.6) is 0 Å². The van der Waals surface area contributed by atoms with Gasteiger partial charge >= 0.3 is 0 Å². The highest BCUT2D eigenvalue weighted by Crippen LogP contribution is 2.27. The molecule has 0 heterocycles. The monoisotopic (exact) mass is 233 g/mol. The molecule has 1 saturated carbocycles. The minimum absolute atomic E-state index is 0.286. The second kappa shape index (κ2) is 6.77. The number of benzene rings is 1. The summed E-state index contributed by atoms with van der Waals surface area (Å²) in [5.74, 6) is 0.885. The summed E-state index contributed by atoms with van der Waals surface area (Å²) in [6.45, 7) is 1.42. The molecule has 0 spiro atoms. The first kappa shape index (κ1) is 12.6. The van der Waals surface area contributed by atoms with E-state index in [1.807, 2.05) is 0 Å². The van der Waals surface area contributed by atoms with Crippen LogP contribution in [0.1, 0.15) is 43.7 Å². The molecule has 2 N–H and O–H groups in total. The van der Waals surface area contributed by atoms with Crippen LogP contribution in [0.2, 0.25) is 0 Å². The van der Waals surface area contributed by atoms with Crippen molar-refractivity contribution in [1.82, 2.24) is 5.32 Å². The zero-order valence-electron chi connectivity index (χ0n) is 10.4. The van der Waals surface area contributed by atoms with Gasteiger partial charge < -0.3 is 10.4 Å². The van der Waals surface area contributed by atoms with E-state index in [1.165, 1.54) is 24.8 Å². The molecule has 1 aliphatic rings. The van der Waals surface area contributed by atoms with Crippen molar-refractivity contribution in [2.45, 2.75) is 38.1 Å². The predicted molar refractivity (Wildman–Crippen MR) is 70.8 cm³/mol. The van der Waals surface area contributed by atoms with Crippen LogP contribution < -0.4 is 5.32 Å². The van der Waals surface area contributed by atoms with Crippen molar-refractivity contribution in [2.24, 2.45) is 5.92 Å². The van der Waals surface area contributed by atoms with Crippen LogP contribution in [0.3, 0.4) is 0 Å². The Morgan fingerprint density at radius 1 is 1.24 bits per heavy atom. The van der Waals surface area contributed by atoms with Crippen LogP contribution in [0.15, 0.2) is 30.3 Å². The fourth-order valence-corrected chi connectivity index (χ4v) is 2.37. The molecule has 1 fully saturated rings. The number of nitrogens with one attached hydrogen (secondary N) is 1. The summed E-state index contributed by atoms with van der Waals surface area (Å²) in [6, 6.07) is 11.0. The summed E-state index contributed by atoms with van der Waals surface area (Å²) in [5, 5.41) is 12.6. The van der Waals surface area contributed by atoms with Gasteiger partial charge in [-0.3, -0.25) is 0 Å². The predicted octanol–water partition coefficient (Wildman–Crippen LogP) is 2.89. The zero-order valence-corrected chi connectivity index (χ0v) is 10.4. The van der Waals surface area contributed by atoms with E-state index in [0.717, 1.165) is 25.3 Å². The Bertz CT molecular complexity index is 308. The summed E-state index contributed by atoms with van der Waals surface area (Å²) in [6.07, 6.45) is 6.06. The first-order valence-corrected chi connectivity index (χ1v) is 6.79. The van der Waals surface area contributed by atoms with Gasteiger partial charge in [-0.1, -0.05) is 36.8 Å². The third-order valence-corrected chi connectivity index (χ3v) is 3.73. The van der Waals surface area contributed by atoms with Gasteiger partial charge in [-0.25, -0.2) is 0 Å². The molecule has 0 bridgehead atoms. The van der Waals surface area contributed by atoms with Gasteiger partial charge in [-0.15, -0.1) is 0 Å². The summed E-state index contributed by atoms with van der Waals surface area (Å²) >= 11 is 0. The van der Waals surface area contributed by atoms with E-state index in [1.54, 1.807) is 0 Å². The molecule has 2 rings (SSSR count). The molecule has 0 amide bonds. The second-order valence-corrected chi connectivity index (χ2v) is 5.03. The number of hydrogen-bond acceptors (Lipinski definition) is 2. The van der Waals surface area contributed by atoms with Crippen molar-refractivity contribution in [3.8, 4) is 0 Å². The molecule has 94 valence electrons. The first-order chi connectivity index (χ1) is 8.40. The molecule has 1 aromatic carbocycles. The lowest BCUT2D eigenvalue weighted by Crippen LogP contribution is -2.30. The van der Waals surface area contributed by atoms with Crippen LogP contribution in [-0.2, 0) is 0 Å². The van der Waals surface area contributed by atoms with Crippen LogP contribution in [0.25, 0.3) is 0 Å². The third-order valence-electron chi connectivity index (χ3n) is 3.73. The lowest BCUT2D eigenvalue weighted by molar-refractivity contribution is 0.260. The van der Waals surface area contributed by atoms with Gasteiger partial charge in [0.1, 0.15) is 0 Å². The van der Waals surface area contributed by atoms with Gasteiger partial charge in [-0.2, -0.15) is 0 Å². The highest BCUT2D eigenvalue weighted by Gasteiger charge is 2.19. The van der Waals surface area contributed by atoms with E-state index in [9.17, 15) is 0 Å². The van der Waals surface area contributed by atoms with Gasteiger partial charge in [0.05, 0.1) is 0 Å². The fraction of sp³-hybridized carbons (Fsp3) is 0.600. The maximum Gasteiger partial charge on any atom is 0.0431 e. The molecule has 0 saturated heterocycles. The number of hydrogen-bond donors (Lipinski definition) is 2. The molecule has 0 radical (unpaired) electrons. The average Bonchev–Trinajstić information content (AvgIpc) is 2.32. The Morgan fingerprint density at radius 2 is 2.00 bits per heavy atom. The quantitative estimate of drug-likeness (QED) is 0.759. The van der Waals surface area contributed by atoms with Gasteiger partial charge in [0.2, 0.25) is 0 Å². The molecular weight excluding hydrogens is 210 g/mol. The molecule has 1 aromatic rings. The van der Waals surface area contributed by atoms with Gasteiger partial charge in [0.15, 0.2) is 0 Å². The van der Waals surface area contributed by atoms with Crippen LogP contribution in [0, 0.1) is 5.92 Å². The number of aliphatic hydroxyl groups excluding tert-OH is 1. The van der Waals surface area contributed by atoms with Crippen LogP contribution in [-0.4, -0.2) is 18.3 Å². The van der Waals surface area contributed by atoms with E-state index < -0.39 is 0 Å². The normalized spacial score (nSPS) is 17.7. The Labute approximate surface area is 104 Å². The minimum Gasteiger partial charge on any atom is -0.396 e. The maximum atomic E-state index is 8.97. The van der Waals surface area contributed by atoms with Crippen molar-refractivity contribution < 1.29 is 5.11 Å². The van der Waals surface area contributed by atoms with E-state index >= 15 is 0 Å². The molecule has 2 nitrogen and oxygen atoms in total. The number of aliphatic hydroxyl groups is 1. The Morgan fingerprint density at radius 3 is 2.59 bits per heavy atom. The molecule has 0 aliphatic heterocycles. The van der Waals surface area contributed by atoms with Crippen molar-refractivity contribution >= 4 is 0 Å². The lowest BCUT2D eigenvalue weighted by Gasteiger charge is -2.28. The standard InChI is InChI=1S/C15H23NO/c17-11-5-10-15(14-8-2-1-3-9-14)16-12-13-6-4-7-13/h1-3,8-9,13,15-17H,4-7,10-12H2. The maximum absolute atomic E-state index is 8.97. The zero-order chi connectivity index (χ0) is 11.9. The molecule has 17 heavy (non-hydrogen) atoms. The molecule has 1 unspecified atom stereocenters. The van der Waals surface area contributed by atoms with Crippen molar-refractivity contribution in [2.75, 3.05) is 13.2 Å². The molecule has 1 aliphatic carbocycles. The molecule has 0 aromatic heterocycles. The number of rotatable bonds is 7. The van der Waals surface area contributed by atoms with Crippen LogP contribution in [0.4, 0.5) is 0 Å². The van der Waals surface area contributed by atoms with Gasteiger partial charge in [-0.05, 0) is 43.7 Å². The smallest absolute Gasteiger partial charge is 0.0431 e. The minimum atomic E-state index is 0.286. The Kier molecular flexibility index (Phi) is 5.02. The highest BCUT2D eigenvalue weighted by molar-refractivity contribution is 5.18. The third kappa shape index (κ3) is 3.83. The van der Waals surface area contributed by atoms with Gasteiger partial charge in [0.25, 0.3) is 0 Å². The lowest BCUT2D eigenvalue weighted by atomic mass is 9.85. The molecule has 1 atom stereocenters. The van der Waals surface area contributed by atoms with Crippen LogP contribution >= 0.6 is 0 Å². The summed E-state index contributed by atoms with van der Waals surface area (Å²) in [7, 11) is 0. The topological polar surface area (TPSA) is 32.3 Å². The van der Waals surface area contributed by atoms with Crippen molar-refractivity contribution in [1.29, 1.82) is 0 Å². The van der Waals surface area contributed by atoms with Crippen molar-refractivity contribution in [3.63, 3.8) is 0 Å². The van der Waals surface area contributed by atoms with E-state index in [2.05, 4.69) is 35.6 Å². The fourth-order valence-electron chi connectivity index (χ4n) is 2.37. The SMILES string of the molecule is OCCCC(NCC1CCC1)c1ccccc1. The summed E-state index contributed by atoms with van der Waals surface area (Å²) in [4.78, 5) is 0. The van der Waals surface area contributed by atoms with Gasteiger partial charge in [0, 0.05) is 12.6 Å².